The average molecular weight is 395 g/mol. The zero-order valence-corrected chi connectivity index (χ0v) is 16.7. The summed E-state index contributed by atoms with van der Waals surface area (Å²) in [5.41, 5.74) is 3.20. The minimum atomic E-state index is -0.177. The first kappa shape index (κ1) is 19.9. The molecule has 0 unspecified atom stereocenters. The van der Waals surface area contributed by atoms with Crippen LogP contribution in [0.15, 0.2) is 66.7 Å². The smallest absolute Gasteiger partial charge is 0.270 e. The number of nitrogens with one attached hydrogen (secondary N) is 1. The van der Waals surface area contributed by atoms with Gasteiger partial charge in [0.15, 0.2) is 0 Å². The summed E-state index contributed by atoms with van der Waals surface area (Å²) < 4.78 is 6.02. The first-order chi connectivity index (χ1) is 13.5. The van der Waals surface area contributed by atoms with E-state index < -0.39 is 0 Å². The van der Waals surface area contributed by atoms with Crippen molar-refractivity contribution < 1.29 is 9.53 Å². The maximum Gasteiger partial charge on any atom is 0.270 e. The summed E-state index contributed by atoms with van der Waals surface area (Å²) >= 11 is 6.20. The van der Waals surface area contributed by atoms with Gasteiger partial charge in [-0.15, -0.1) is 0 Å². The molecule has 0 aliphatic carbocycles. The number of rotatable bonds is 7. The molecule has 5 heteroatoms. The lowest BCUT2D eigenvalue weighted by atomic mass is 10.1. The third-order valence-electron chi connectivity index (χ3n) is 4.09. The molecule has 0 saturated carbocycles. The largest absolute Gasteiger partial charge is 0.489 e. The van der Waals surface area contributed by atoms with Crippen LogP contribution in [0.2, 0.25) is 5.02 Å². The van der Waals surface area contributed by atoms with Crippen LogP contribution < -0.4 is 10.1 Å². The number of aromatic nitrogens is 1. The SMILES string of the molecule is CC(C)NC(=O)c1cccc(Cc2cc(Cl)ccc2OCc2ccccc2)n1. The minimum absolute atomic E-state index is 0.0591. The van der Waals surface area contributed by atoms with E-state index in [9.17, 15) is 4.79 Å². The Morgan fingerprint density at radius 3 is 2.61 bits per heavy atom. The van der Waals surface area contributed by atoms with Crippen LogP contribution in [0.5, 0.6) is 5.75 Å². The average Bonchev–Trinajstić information content (AvgIpc) is 2.68. The molecule has 3 rings (SSSR count). The summed E-state index contributed by atoms with van der Waals surface area (Å²) in [6, 6.07) is 21.1. The topological polar surface area (TPSA) is 51.2 Å². The number of carbonyl (C=O) groups excluding carboxylic acids is 1. The molecule has 4 nitrogen and oxygen atoms in total. The Morgan fingerprint density at radius 1 is 1.07 bits per heavy atom. The van der Waals surface area contributed by atoms with Crippen molar-refractivity contribution in [2.45, 2.75) is 32.9 Å². The highest BCUT2D eigenvalue weighted by molar-refractivity contribution is 6.30. The van der Waals surface area contributed by atoms with Crippen molar-refractivity contribution in [2.24, 2.45) is 0 Å². The van der Waals surface area contributed by atoms with Gasteiger partial charge in [-0.2, -0.15) is 0 Å². The van der Waals surface area contributed by atoms with E-state index in [4.69, 9.17) is 16.3 Å². The quantitative estimate of drug-likeness (QED) is 0.610. The fourth-order valence-electron chi connectivity index (χ4n) is 2.80. The minimum Gasteiger partial charge on any atom is -0.489 e. The highest BCUT2D eigenvalue weighted by Crippen LogP contribution is 2.26. The van der Waals surface area contributed by atoms with E-state index in [1.807, 2.05) is 74.5 Å². The maximum atomic E-state index is 12.2. The lowest BCUT2D eigenvalue weighted by Gasteiger charge is -2.13. The van der Waals surface area contributed by atoms with E-state index in [0.29, 0.717) is 23.7 Å². The van der Waals surface area contributed by atoms with Crippen molar-refractivity contribution >= 4 is 17.5 Å². The van der Waals surface area contributed by atoms with Crippen LogP contribution in [-0.4, -0.2) is 16.9 Å². The van der Waals surface area contributed by atoms with Gasteiger partial charge in [0.1, 0.15) is 18.1 Å². The van der Waals surface area contributed by atoms with Gasteiger partial charge in [0.05, 0.1) is 0 Å². The summed E-state index contributed by atoms with van der Waals surface area (Å²) in [5, 5.41) is 3.50. The highest BCUT2D eigenvalue weighted by atomic mass is 35.5. The van der Waals surface area contributed by atoms with Crippen molar-refractivity contribution in [1.29, 1.82) is 0 Å². The van der Waals surface area contributed by atoms with Crippen LogP contribution >= 0.6 is 11.6 Å². The van der Waals surface area contributed by atoms with Crippen molar-refractivity contribution in [2.75, 3.05) is 0 Å². The Hall–Kier alpha value is -2.85. The second-order valence-electron chi connectivity index (χ2n) is 6.85. The Kier molecular flexibility index (Phi) is 6.66. The third-order valence-corrected chi connectivity index (χ3v) is 4.33. The van der Waals surface area contributed by atoms with E-state index in [1.165, 1.54) is 0 Å². The van der Waals surface area contributed by atoms with Crippen LogP contribution in [-0.2, 0) is 13.0 Å². The zero-order chi connectivity index (χ0) is 19.9. The number of amides is 1. The molecule has 0 spiro atoms. The van der Waals surface area contributed by atoms with Crippen LogP contribution in [0, 0.1) is 0 Å². The van der Waals surface area contributed by atoms with Gasteiger partial charge < -0.3 is 10.1 Å². The van der Waals surface area contributed by atoms with Crippen molar-refractivity contribution in [3.05, 3.63) is 94.3 Å². The molecule has 1 N–H and O–H groups in total. The molecule has 28 heavy (non-hydrogen) atoms. The molecule has 1 amide bonds. The van der Waals surface area contributed by atoms with Crippen molar-refractivity contribution in [3.8, 4) is 5.75 Å². The predicted molar refractivity (Wildman–Crippen MR) is 112 cm³/mol. The highest BCUT2D eigenvalue weighted by Gasteiger charge is 2.12. The Bertz CT molecular complexity index is 942. The van der Waals surface area contributed by atoms with E-state index in [2.05, 4.69) is 10.3 Å². The van der Waals surface area contributed by atoms with Crippen LogP contribution in [0.4, 0.5) is 0 Å². The zero-order valence-electron chi connectivity index (χ0n) is 16.0. The molecular weight excluding hydrogens is 372 g/mol. The van der Waals surface area contributed by atoms with Crippen molar-refractivity contribution in [1.82, 2.24) is 10.3 Å². The molecule has 0 saturated heterocycles. The molecule has 3 aromatic rings. The summed E-state index contributed by atoms with van der Waals surface area (Å²) in [6.07, 6.45) is 0.521. The molecule has 0 bridgehead atoms. The summed E-state index contributed by atoms with van der Waals surface area (Å²) in [5.74, 6) is 0.579. The number of ether oxygens (including phenoxy) is 1. The standard InChI is InChI=1S/C23H23ClN2O2/c1-16(2)25-23(27)21-10-6-9-20(26-21)14-18-13-19(24)11-12-22(18)28-15-17-7-4-3-5-8-17/h3-13,16H,14-15H2,1-2H3,(H,25,27). The lowest BCUT2D eigenvalue weighted by molar-refractivity contribution is 0.0938. The lowest BCUT2D eigenvalue weighted by Crippen LogP contribution is -2.30. The molecule has 0 aliphatic heterocycles. The normalized spacial score (nSPS) is 10.7. The molecule has 2 aromatic carbocycles. The monoisotopic (exact) mass is 394 g/mol. The molecule has 1 aromatic heterocycles. The number of carbonyl (C=O) groups is 1. The summed E-state index contributed by atoms with van der Waals surface area (Å²) in [6.45, 7) is 4.31. The summed E-state index contributed by atoms with van der Waals surface area (Å²) in [7, 11) is 0. The maximum absolute atomic E-state index is 12.2. The molecule has 0 radical (unpaired) electrons. The van der Waals surface area contributed by atoms with Gasteiger partial charge in [-0.1, -0.05) is 48.0 Å². The predicted octanol–water partition coefficient (Wildman–Crippen LogP) is 5.04. The van der Waals surface area contributed by atoms with Gasteiger partial charge in [0.2, 0.25) is 0 Å². The molecular formula is C23H23ClN2O2. The molecule has 1 heterocycles. The van der Waals surface area contributed by atoms with Gasteiger partial charge in [-0.05, 0) is 49.7 Å². The molecule has 0 fully saturated rings. The number of benzene rings is 2. The molecule has 0 atom stereocenters. The Labute approximate surface area is 170 Å². The van der Waals surface area contributed by atoms with Gasteiger partial charge in [0, 0.05) is 28.7 Å². The van der Waals surface area contributed by atoms with E-state index >= 15 is 0 Å². The number of halogens is 1. The third kappa shape index (κ3) is 5.57. The van der Waals surface area contributed by atoms with E-state index in [1.54, 1.807) is 6.07 Å². The van der Waals surface area contributed by atoms with Crippen molar-refractivity contribution in [3.63, 3.8) is 0 Å². The second-order valence-corrected chi connectivity index (χ2v) is 7.28. The van der Waals surface area contributed by atoms with E-state index in [0.717, 1.165) is 22.6 Å². The first-order valence-corrected chi connectivity index (χ1v) is 9.61. The van der Waals surface area contributed by atoms with Crippen LogP contribution in [0.25, 0.3) is 0 Å². The van der Waals surface area contributed by atoms with Gasteiger partial charge in [-0.3, -0.25) is 4.79 Å². The first-order valence-electron chi connectivity index (χ1n) is 9.23. The number of pyridine rings is 1. The molecule has 144 valence electrons. The van der Waals surface area contributed by atoms with Gasteiger partial charge in [-0.25, -0.2) is 4.98 Å². The Balaban J connectivity index is 1.78. The second kappa shape index (κ2) is 9.38. The molecule has 0 aliphatic rings. The fourth-order valence-corrected chi connectivity index (χ4v) is 2.99. The van der Waals surface area contributed by atoms with E-state index in [-0.39, 0.29) is 11.9 Å². The Morgan fingerprint density at radius 2 is 1.86 bits per heavy atom. The van der Waals surface area contributed by atoms with Crippen LogP contribution in [0.3, 0.4) is 0 Å². The number of hydrogen-bond donors (Lipinski definition) is 1. The number of nitrogens with zero attached hydrogens (tertiary/aromatic N) is 1. The summed E-state index contributed by atoms with van der Waals surface area (Å²) in [4.78, 5) is 16.7. The van der Waals surface area contributed by atoms with Gasteiger partial charge in [0.25, 0.3) is 5.91 Å². The fraction of sp³-hybridized carbons (Fsp3) is 0.217. The number of hydrogen-bond acceptors (Lipinski definition) is 3. The van der Waals surface area contributed by atoms with Crippen LogP contribution in [0.1, 0.15) is 41.2 Å². The van der Waals surface area contributed by atoms with Gasteiger partial charge >= 0.3 is 0 Å².